The zero-order valence-corrected chi connectivity index (χ0v) is 33.8. The van der Waals surface area contributed by atoms with Crippen LogP contribution in [0.25, 0.3) is 0 Å². The van der Waals surface area contributed by atoms with Crippen LogP contribution in [0.15, 0.2) is 64.0 Å². The molecule has 1 fully saturated rings. The first-order chi connectivity index (χ1) is 23.9. The number of quaternary nitrogens is 1. The number of H-pyrrole nitrogens is 1. The van der Waals surface area contributed by atoms with Crippen molar-refractivity contribution in [3.05, 3.63) is 97.5 Å². The number of hydrogen-bond donors (Lipinski definition) is 4. The Labute approximate surface area is 323 Å². The number of hydrogen-bond acceptors (Lipinski definition) is 6. The zero-order valence-electron chi connectivity index (χ0n) is 29.4. The van der Waals surface area contributed by atoms with E-state index >= 15 is 0 Å². The Morgan fingerprint density at radius 3 is 2.08 bits per heavy atom. The van der Waals surface area contributed by atoms with E-state index in [2.05, 4.69) is 89.4 Å². The molecule has 10 nitrogen and oxygen atoms in total. The van der Waals surface area contributed by atoms with Crippen molar-refractivity contribution in [1.29, 1.82) is 0 Å². The molecule has 50 heavy (non-hydrogen) atoms. The van der Waals surface area contributed by atoms with Gasteiger partial charge in [0.25, 0.3) is 5.56 Å². The molecule has 2 unspecified atom stereocenters. The number of nitrogens with one attached hydrogen (secondary N) is 4. The van der Waals surface area contributed by atoms with Crippen LogP contribution in [-0.4, -0.2) is 55.2 Å². The second kappa shape index (κ2) is 20.5. The second-order valence-electron chi connectivity index (χ2n) is 12.2. The summed E-state index contributed by atoms with van der Waals surface area (Å²) < 4.78 is 7.43. The number of benzene rings is 2. The lowest BCUT2D eigenvalue weighted by Crippen LogP contribution is -2.63. The monoisotopic (exact) mass is 861 g/mol. The van der Waals surface area contributed by atoms with Gasteiger partial charge < -0.3 is 15.4 Å². The summed E-state index contributed by atoms with van der Waals surface area (Å²) in [4.78, 5) is 39.6. The van der Waals surface area contributed by atoms with Crippen molar-refractivity contribution >= 4 is 80.6 Å². The number of aromatic amines is 1. The molecule has 274 valence electrons. The van der Waals surface area contributed by atoms with E-state index in [0.717, 1.165) is 66.7 Å². The molecular weight excluding hydrogens is 814 g/mol. The Kier molecular flexibility index (Phi) is 17.1. The van der Waals surface area contributed by atoms with Crippen LogP contribution in [0.1, 0.15) is 61.8 Å². The Hall–Kier alpha value is -2.55. The van der Waals surface area contributed by atoms with Gasteiger partial charge >= 0.3 is 11.7 Å². The smallest absolute Gasteiger partial charge is 0.342 e. The number of anilines is 3. The van der Waals surface area contributed by atoms with Crippen molar-refractivity contribution in [2.75, 3.05) is 35.3 Å². The van der Waals surface area contributed by atoms with Crippen LogP contribution < -0.4 is 27.2 Å². The van der Waals surface area contributed by atoms with E-state index in [-0.39, 0.29) is 23.5 Å². The summed E-state index contributed by atoms with van der Waals surface area (Å²) in [5, 5.41) is 9.46. The normalized spacial score (nSPS) is 18.1. The van der Waals surface area contributed by atoms with Crippen molar-refractivity contribution in [2.24, 2.45) is 0 Å². The molecule has 0 bridgehead atoms. The van der Waals surface area contributed by atoms with E-state index in [0.29, 0.717) is 23.4 Å². The lowest BCUT2D eigenvalue weighted by atomic mass is 10.1. The van der Waals surface area contributed by atoms with Gasteiger partial charge in [-0.05, 0) is 90.5 Å². The number of unbranched alkanes of at least 4 members (excludes halogenated alkanes) is 1. The van der Waals surface area contributed by atoms with Crippen LogP contribution in [0.2, 0.25) is 0 Å². The number of amides is 2. The highest BCUT2D eigenvalue weighted by molar-refractivity contribution is 14.1. The first-order valence-electron chi connectivity index (χ1n) is 16.8. The van der Waals surface area contributed by atoms with Gasteiger partial charge in [-0.25, -0.2) is 14.1 Å². The van der Waals surface area contributed by atoms with Gasteiger partial charge in [-0.1, -0.05) is 83.4 Å². The quantitative estimate of drug-likeness (QED) is 0.0666. The lowest BCUT2D eigenvalue weighted by Gasteiger charge is -2.37. The van der Waals surface area contributed by atoms with E-state index < -0.39 is 4.30 Å². The molecule has 0 saturated carbocycles. The van der Waals surface area contributed by atoms with Gasteiger partial charge in [-0.15, -0.1) is 0 Å². The van der Waals surface area contributed by atoms with Crippen molar-refractivity contribution in [3.63, 3.8) is 0 Å². The van der Waals surface area contributed by atoms with E-state index in [4.69, 9.17) is 39.5 Å². The Morgan fingerprint density at radius 2 is 1.56 bits per heavy atom. The molecule has 0 radical (unpaired) electrons. The Balaban J connectivity index is 0.000000244. The average molecular weight is 863 g/mol. The van der Waals surface area contributed by atoms with Crippen molar-refractivity contribution in [1.82, 2.24) is 14.9 Å². The third-order valence-corrected chi connectivity index (χ3v) is 9.67. The highest BCUT2D eigenvalue weighted by atomic mass is 127. The van der Waals surface area contributed by atoms with Crippen LogP contribution >= 0.6 is 57.4 Å². The maximum atomic E-state index is 12.7. The van der Waals surface area contributed by atoms with Gasteiger partial charge in [0.2, 0.25) is 6.23 Å². The fraction of sp³-hybridized carbons (Fsp3) is 0.472. The molecule has 1 saturated heterocycles. The number of aromatic nitrogens is 2. The molecule has 2 amide bonds. The number of halogens is 4. The molecule has 5 rings (SSSR count). The number of nitrogens with zero attached hydrogens (tertiary/aromatic N) is 2. The molecule has 3 heterocycles. The molecule has 14 heteroatoms. The molecule has 1 aromatic heterocycles. The van der Waals surface area contributed by atoms with E-state index in [1.54, 1.807) is 7.11 Å². The zero-order chi connectivity index (χ0) is 36.8. The summed E-state index contributed by atoms with van der Waals surface area (Å²) in [6.07, 6.45) is 7.78. The minimum absolute atomic E-state index is 0.0288. The van der Waals surface area contributed by atoms with E-state index in [1.165, 1.54) is 32.9 Å². The summed E-state index contributed by atoms with van der Waals surface area (Å²) in [7, 11) is 1.69. The molecule has 4 N–H and O–H groups in total. The van der Waals surface area contributed by atoms with Gasteiger partial charge in [-0.2, -0.15) is 0 Å². The Bertz CT molecular complexity index is 1700. The van der Waals surface area contributed by atoms with Crippen molar-refractivity contribution in [2.45, 2.75) is 83.3 Å². The number of aryl methyl sites for hydroxylation is 4. The number of carbonyl (C=O) groups excluding carboxylic acids is 1. The number of rotatable bonds is 11. The second-order valence-corrected chi connectivity index (χ2v) is 15.2. The fourth-order valence-electron chi connectivity index (χ4n) is 6.13. The summed E-state index contributed by atoms with van der Waals surface area (Å²) in [6, 6.07) is 13.8. The highest BCUT2D eigenvalue weighted by Crippen LogP contribution is 2.30. The molecule has 0 aliphatic carbocycles. The van der Waals surface area contributed by atoms with Gasteiger partial charge in [0, 0.05) is 50.0 Å². The SMILES string of the molecule is CCc1cc(NC2=CC[N+]3(CCCC3OC)C(=O)N2)ccc1C.CCc1cc(Nc2cc(=O)n(CCCCI)c(=O)[nH]2)ccc1C.ClC(Cl)Cl. The first kappa shape index (κ1) is 41.9. The van der Waals surface area contributed by atoms with Crippen LogP contribution in [0.5, 0.6) is 0 Å². The predicted molar refractivity (Wildman–Crippen MR) is 215 cm³/mol. The largest absolute Gasteiger partial charge is 0.424 e. The molecule has 2 aliphatic rings. The minimum Gasteiger partial charge on any atom is -0.342 e. The number of ether oxygens (including phenoxy) is 1. The van der Waals surface area contributed by atoms with Crippen LogP contribution in [0.3, 0.4) is 0 Å². The minimum atomic E-state index is -0.750. The van der Waals surface area contributed by atoms with Gasteiger partial charge in [0.15, 0.2) is 4.30 Å². The first-order valence-corrected chi connectivity index (χ1v) is 19.7. The molecule has 2 atom stereocenters. The number of carbonyl (C=O) groups is 1. The van der Waals surface area contributed by atoms with Gasteiger partial charge in [0.05, 0.1) is 6.54 Å². The number of urea groups is 1. The lowest BCUT2D eigenvalue weighted by molar-refractivity contribution is -0.881. The van der Waals surface area contributed by atoms with Crippen molar-refractivity contribution < 1.29 is 14.0 Å². The van der Waals surface area contributed by atoms with Crippen LogP contribution in [0.4, 0.5) is 22.0 Å². The van der Waals surface area contributed by atoms with Gasteiger partial charge in [0.1, 0.15) is 18.2 Å². The van der Waals surface area contributed by atoms with Crippen molar-refractivity contribution in [3.8, 4) is 0 Å². The highest BCUT2D eigenvalue weighted by Gasteiger charge is 2.50. The van der Waals surface area contributed by atoms with E-state index in [9.17, 15) is 14.4 Å². The molecule has 2 aromatic carbocycles. The standard InChI is InChI=1S/C18H25N3O2.C17H22IN3O2.CHCl3/c1-4-14-12-15(8-7-13(14)2)19-16-9-11-21(18(22)20-16)10-5-6-17(21)23-3;1-3-13-10-14(7-6-12(13)2)19-15-11-16(22)21(17(23)20-15)9-5-4-8-18;2-1(3)4/h7-9,12,17,19H,4-6,10-11H2,1-3H3;6-7,10-11,19H,3-5,8-9H2,1-2H3,(H,20,23);1H/p+1. The molecular formula is C36H49Cl3IN6O4+. The Morgan fingerprint density at radius 1 is 0.960 bits per heavy atom. The van der Waals surface area contributed by atoms with Crippen LogP contribution in [0, 0.1) is 13.8 Å². The summed E-state index contributed by atoms with van der Waals surface area (Å²) in [5.74, 6) is 1.20. The molecule has 1 spiro atoms. The van der Waals surface area contributed by atoms with Gasteiger partial charge in [-0.3, -0.25) is 19.7 Å². The fourth-order valence-corrected chi connectivity index (χ4v) is 6.67. The molecule has 3 aromatic rings. The maximum absolute atomic E-state index is 12.7. The maximum Gasteiger partial charge on any atom is 0.424 e. The third kappa shape index (κ3) is 11.7. The third-order valence-electron chi connectivity index (χ3n) is 8.90. The average Bonchev–Trinajstić information content (AvgIpc) is 3.49. The molecule has 2 aliphatic heterocycles. The summed E-state index contributed by atoms with van der Waals surface area (Å²) >= 11 is 16.7. The van der Waals surface area contributed by atoms with Crippen LogP contribution in [-0.2, 0) is 24.1 Å². The number of methoxy groups -OCH3 is 1. The number of alkyl halides is 4. The van der Waals surface area contributed by atoms with E-state index in [1.807, 2.05) is 24.3 Å². The topological polar surface area (TPSA) is 117 Å². The summed E-state index contributed by atoms with van der Waals surface area (Å²) in [5.41, 5.74) is 6.33. The predicted octanol–water partition coefficient (Wildman–Crippen LogP) is 8.47. The summed E-state index contributed by atoms with van der Waals surface area (Å²) in [6.45, 7) is 10.4.